The molecular formula is C14H20O7S. The molecule has 0 spiro atoms. The van der Waals surface area contributed by atoms with E-state index in [0.717, 1.165) is 19.3 Å². The van der Waals surface area contributed by atoms with Crippen molar-refractivity contribution in [2.24, 2.45) is 11.8 Å². The van der Waals surface area contributed by atoms with E-state index in [1.807, 2.05) is 0 Å². The van der Waals surface area contributed by atoms with Crippen LogP contribution in [0, 0.1) is 11.8 Å². The zero-order valence-electron chi connectivity index (χ0n) is 12.6. The van der Waals surface area contributed by atoms with Gasteiger partial charge in [-0.15, -0.1) is 0 Å². The summed E-state index contributed by atoms with van der Waals surface area (Å²) in [5.41, 5.74) is -0.798. The van der Waals surface area contributed by atoms with Gasteiger partial charge in [-0.1, -0.05) is 6.58 Å². The molecule has 2 saturated carbocycles. The lowest BCUT2D eigenvalue weighted by atomic mass is 9.83. The molecule has 2 aliphatic carbocycles. The van der Waals surface area contributed by atoms with Crippen LogP contribution in [0.25, 0.3) is 0 Å². The number of rotatable bonds is 6. The summed E-state index contributed by atoms with van der Waals surface area (Å²) in [5.74, 6) is -1.20. The summed E-state index contributed by atoms with van der Waals surface area (Å²) in [4.78, 5) is 23.1. The Balaban J connectivity index is 1.98. The second kappa shape index (κ2) is 6.47. The predicted molar refractivity (Wildman–Crippen MR) is 76.7 cm³/mol. The number of esters is 2. The van der Waals surface area contributed by atoms with E-state index in [1.54, 1.807) is 6.92 Å². The van der Waals surface area contributed by atoms with Crippen molar-refractivity contribution in [1.29, 1.82) is 0 Å². The van der Waals surface area contributed by atoms with Crippen molar-refractivity contribution in [2.75, 3.05) is 6.61 Å². The highest BCUT2D eigenvalue weighted by Crippen LogP contribution is 2.54. The quantitative estimate of drug-likeness (QED) is 0.445. The summed E-state index contributed by atoms with van der Waals surface area (Å²) in [5, 5.41) is 0. The number of ether oxygens (including phenoxy) is 2. The molecule has 2 fully saturated rings. The molecule has 0 aromatic heterocycles. The fourth-order valence-corrected chi connectivity index (χ4v) is 3.96. The van der Waals surface area contributed by atoms with E-state index in [4.69, 9.17) is 18.2 Å². The van der Waals surface area contributed by atoms with Crippen molar-refractivity contribution in [2.45, 2.75) is 44.8 Å². The molecule has 1 N–H and O–H groups in total. The zero-order valence-corrected chi connectivity index (χ0v) is 13.4. The molecule has 0 aromatic rings. The lowest BCUT2D eigenvalue weighted by Gasteiger charge is -2.38. The minimum atomic E-state index is -2.44. The van der Waals surface area contributed by atoms with Crippen LogP contribution in [0.15, 0.2) is 12.2 Å². The molecule has 5 unspecified atom stereocenters. The third-order valence-corrected chi connectivity index (χ3v) is 4.96. The van der Waals surface area contributed by atoms with Gasteiger partial charge in [-0.25, -0.2) is 9.59 Å². The fourth-order valence-electron chi connectivity index (χ4n) is 3.42. The standard InChI is InChI=1S/C14H20O7S/c1-8(2)13(16)19-7-11(15)20-12-9-4-5-10(6-9)14(12,3)21-22(17)18/h9-10,12H,1,4-7H2,2-3H3,(H,17,18). The van der Waals surface area contributed by atoms with Gasteiger partial charge in [0, 0.05) is 5.57 Å². The Morgan fingerprint density at radius 2 is 2.09 bits per heavy atom. The second-order valence-electron chi connectivity index (χ2n) is 6.02. The van der Waals surface area contributed by atoms with E-state index < -0.39 is 41.6 Å². The van der Waals surface area contributed by atoms with E-state index in [2.05, 4.69) is 6.58 Å². The number of carbonyl (C=O) groups excluding carboxylic acids is 2. The van der Waals surface area contributed by atoms with Crippen molar-refractivity contribution in [3.8, 4) is 0 Å². The maximum atomic E-state index is 11.9. The van der Waals surface area contributed by atoms with Crippen LogP contribution in [-0.4, -0.2) is 39.0 Å². The maximum absolute atomic E-state index is 11.9. The number of carbonyl (C=O) groups is 2. The number of fused-ring (bicyclic) bond motifs is 2. The first kappa shape index (κ1) is 17.1. The third kappa shape index (κ3) is 3.39. The minimum absolute atomic E-state index is 0.0735. The van der Waals surface area contributed by atoms with Crippen LogP contribution in [0.2, 0.25) is 0 Å². The Bertz CT molecular complexity index is 517. The second-order valence-corrected chi connectivity index (χ2v) is 6.62. The van der Waals surface area contributed by atoms with Crippen molar-refractivity contribution in [1.82, 2.24) is 0 Å². The SMILES string of the molecule is C=C(C)C(=O)OCC(=O)OC1C2CCC(C2)C1(C)OS(=O)O. The summed E-state index contributed by atoms with van der Waals surface area (Å²) in [6.07, 6.45) is 1.93. The van der Waals surface area contributed by atoms with E-state index in [9.17, 15) is 13.8 Å². The summed E-state index contributed by atoms with van der Waals surface area (Å²) in [7, 11) is 0. The zero-order chi connectivity index (χ0) is 16.5. The normalized spacial score (nSPS) is 34.2. The van der Waals surface area contributed by atoms with Gasteiger partial charge in [-0.3, -0.25) is 8.74 Å². The molecule has 124 valence electrons. The molecule has 0 saturated heterocycles. The highest BCUT2D eigenvalue weighted by molar-refractivity contribution is 7.74. The van der Waals surface area contributed by atoms with Gasteiger partial charge < -0.3 is 9.47 Å². The van der Waals surface area contributed by atoms with Gasteiger partial charge in [0.2, 0.25) is 0 Å². The summed E-state index contributed by atoms with van der Waals surface area (Å²) in [6.45, 7) is 6.06. The molecule has 0 aliphatic heterocycles. The largest absolute Gasteiger partial charge is 0.456 e. The smallest absolute Gasteiger partial charge is 0.344 e. The monoisotopic (exact) mass is 332 g/mol. The summed E-state index contributed by atoms with van der Waals surface area (Å²) >= 11 is -2.44. The van der Waals surface area contributed by atoms with Crippen LogP contribution in [0.3, 0.4) is 0 Å². The molecule has 22 heavy (non-hydrogen) atoms. The van der Waals surface area contributed by atoms with Crippen LogP contribution in [0.1, 0.15) is 33.1 Å². The van der Waals surface area contributed by atoms with E-state index in [1.165, 1.54) is 6.92 Å². The maximum Gasteiger partial charge on any atom is 0.344 e. The van der Waals surface area contributed by atoms with Gasteiger partial charge >= 0.3 is 23.3 Å². The Kier molecular flexibility index (Phi) is 5.03. The van der Waals surface area contributed by atoms with E-state index >= 15 is 0 Å². The summed E-state index contributed by atoms with van der Waals surface area (Å²) in [6, 6.07) is 0. The average Bonchev–Trinajstić information content (AvgIpc) is 2.97. The van der Waals surface area contributed by atoms with Gasteiger partial charge in [-0.05, 0) is 44.9 Å². The van der Waals surface area contributed by atoms with E-state index in [0.29, 0.717) is 0 Å². The van der Waals surface area contributed by atoms with Gasteiger partial charge in [0.1, 0.15) is 11.7 Å². The first-order valence-electron chi connectivity index (χ1n) is 7.06. The van der Waals surface area contributed by atoms with Gasteiger partial charge in [0.25, 0.3) is 0 Å². The first-order valence-corrected chi connectivity index (χ1v) is 8.09. The molecule has 2 rings (SSSR count). The molecule has 0 aromatic carbocycles. The van der Waals surface area contributed by atoms with Gasteiger partial charge in [-0.2, -0.15) is 4.21 Å². The topological polar surface area (TPSA) is 99.1 Å². The Labute approximate surface area is 131 Å². The molecule has 2 aliphatic rings. The number of hydrogen-bond donors (Lipinski definition) is 1. The number of hydrogen-bond acceptors (Lipinski definition) is 6. The molecule has 0 heterocycles. The van der Waals surface area contributed by atoms with Gasteiger partial charge in [0.15, 0.2) is 6.61 Å². The Morgan fingerprint density at radius 3 is 2.68 bits per heavy atom. The first-order chi connectivity index (χ1) is 10.2. The lowest BCUT2D eigenvalue weighted by molar-refractivity contribution is -0.173. The van der Waals surface area contributed by atoms with E-state index in [-0.39, 0.29) is 17.4 Å². The molecule has 0 amide bonds. The van der Waals surface area contributed by atoms with Crippen molar-refractivity contribution >= 4 is 23.3 Å². The lowest BCUT2D eigenvalue weighted by Crippen LogP contribution is -2.49. The molecule has 7 nitrogen and oxygen atoms in total. The van der Waals surface area contributed by atoms with Gasteiger partial charge in [0.05, 0.1) is 0 Å². The third-order valence-electron chi connectivity index (χ3n) is 4.46. The van der Waals surface area contributed by atoms with Crippen molar-refractivity contribution in [3.63, 3.8) is 0 Å². The van der Waals surface area contributed by atoms with Crippen molar-refractivity contribution in [3.05, 3.63) is 12.2 Å². The summed E-state index contributed by atoms with van der Waals surface area (Å²) < 4.78 is 35.3. The van der Waals surface area contributed by atoms with Crippen molar-refractivity contribution < 1.29 is 32.0 Å². The average molecular weight is 332 g/mol. The van der Waals surface area contributed by atoms with Crippen LogP contribution in [-0.2, 0) is 34.6 Å². The predicted octanol–water partition coefficient (Wildman–Crippen LogP) is 1.36. The molecule has 2 bridgehead atoms. The molecular weight excluding hydrogens is 312 g/mol. The highest BCUT2D eigenvalue weighted by atomic mass is 32.2. The highest BCUT2D eigenvalue weighted by Gasteiger charge is 2.59. The Morgan fingerprint density at radius 1 is 1.41 bits per heavy atom. The van der Waals surface area contributed by atoms with Crippen LogP contribution >= 0.6 is 0 Å². The molecule has 0 radical (unpaired) electrons. The minimum Gasteiger partial charge on any atom is -0.456 e. The van der Waals surface area contributed by atoms with Crippen LogP contribution in [0.5, 0.6) is 0 Å². The fraction of sp³-hybridized carbons (Fsp3) is 0.714. The van der Waals surface area contributed by atoms with Crippen LogP contribution < -0.4 is 0 Å². The molecule has 8 heteroatoms. The van der Waals surface area contributed by atoms with Crippen LogP contribution in [0.4, 0.5) is 0 Å². The molecule has 5 atom stereocenters. The Hall–Kier alpha value is -1.25.